The van der Waals surface area contributed by atoms with Gasteiger partial charge in [-0.05, 0) is 38.4 Å². The van der Waals surface area contributed by atoms with Crippen molar-refractivity contribution in [2.24, 2.45) is 0 Å². The second-order valence-electron chi connectivity index (χ2n) is 5.19. The molecule has 18 heavy (non-hydrogen) atoms. The van der Waals surface area contributed by atoms with Crippen LogP contribution in [0.3, 0.4) is 0 Å². The Morgan fingerprint density at radius 2 is 2.06 bits per heavy atom. The number of thiophene rings is 1. The van der Waals surface area contributed by atoms with E-state index in [1.165, 1.54) is 37.0 Å². The lowest BCUT2D eigenvalue weighted by Crippen LogP contribution is -2.40. The van der Waals surface area contributed by atoms with Gasteiger partial charge in [0.25, 0.3) is 0 Å². The van der Waals surface area contributed by atoms with E-state index in [9.17, 15) is 4.79 Å². The molecular formula is C15H23NOS. The van der Waals surface area contributed by atoms with Crippen molar-refractivity contribution in [1.29, 1.82) is 0 Å². The molecule has 1 heterocycles. The van der Waals surface area contributed by atoms with Crippen molar-refractivity contribution in [1.82, 2.24) is 4.90 Å². The predicted octanol–water partition coefficient (Wildman–Crippen LogP) is 3.89. The topological polar surface area (TPSA) is 20.3 Å². The highest BCUT2D eigenvalue weighted by atomic mass is 32.1. The average molecular weight is 265 g/mol. The van der Waals surface area contributed by atoms with Crippen LogP contribution >= 0.6 is 11.3 Å². The largest absolute Gasteiger partial charge is 0.293 e. The maximum Gasteiger partial charge on any atom is 0.186 e. The minimum atomic E-state index is 0.292. The van der Waals surface area contributed by atoms with Crippen LogP contribution in [0.5, 0.6) is 0 Å². The quantitative estimate of drug-likeness (QED) is 0.753. The number of likely N-dealkylation sites (N-methyl/N-ethyl adjacent to an activating group) is 1. The van der Waals surface area contributed by atoms with Gasteiger partial charge in [0.15, 0.2) is 5.78 Å². The molecule has 1 aliphatic rings. The Labute approximate surface area is 114 Å². The van der Waals surface area contributed by atoms with E-state index in [4.69, 9.17) is 0 Å². The Morgan fingerprint density at radius 1 is 1.33 bits per heavy atom. The molecular weight excluding hydrogens is 242 g/mol. The van der Waals surface area contributed by atoms with Crippen LogP contribution in [0.2, 0.25) is 0 Å². The lowest BCUT2D eigenvalue weighted by atomic mass is 9.94. The molecule has 0 N–H and O–H groups in total. The van der Waals surface area contributed by atoms with Gasteiger partial charge in [0.2, 0.25) is 0 Å². The number of nitrogens with zero attached hydrogens (tertiary/aromatic N) is 1. The standard InChI is InChI=1S/C15H23NOS/c1-3-16(13-7-5-4-6-8-13)11-14(17)15-10-9-12(2)18-15/h9-10,13H,3-8,11H2,1-2H3. The van der Waals surface area contributed by atoms with Gasteiger partial charge in [0, 0.05) is 10.9 Å². The summed E-state index contributed by atoms with van der Waals surface area (Å²) in [5, 5.41) is 0. The molecule has 0 radical (unpaired) electrons. The molecule has 100 valence electrons. The van der Waals surface area contributed by atoms with E-state index < -0.39 is 0 Å². The second kappa shape index (κ2) is 6.48. The molecule has 1 saturated carbocycles. The third-order valence-corrected chi connectivity index (χ3v) is 4.90. The molecule has 1 aliphatic carbocycles. The van der Waals surface area contributed by atoms with Gasteiger partial charge >= 0.3 is 0 Å². The lowest BCUT2D eigenvalue weighted by Gasteiger charge is -2.32. The van der Waals surface area contributed by atoms with Crippen molar-refractivity contribution in [3.63, 3.8) is 0 Å². The summed E-state index contributed by atoms with van der Waals surface area (Å²) in [6.07, 6.45) is 6.56. The van der Waals surface area contributed by atoms with Gasteiger partial charge < -0.3 is 0 Å². The monoisotopic (exact) mass is 265 g/mol. The van der Waals surface area contributed by atoms with Gasteiger partial charge in [-0.2, -0.15) is 0 Å². The maximum atomic E-state index is 12.2. The first kappa shape index (κ1) is 13.8. The van der Waals surface area contributed by atoms with Gasteiger partial charge in [-0.15, -0.1) is 11.3 Å². The average Bonchev–Trinajstić information content (AvgIpc) is 2.83. The fraction of sp³-hybridized carbons (Fsp3) is 0.667. The Morgan fingerprint density at radius 3 is 2.61 bits per heavy atom. The van der Waals surface area contributed by atoms with E-state index in [0.717, 1.165) is 11.4 Å². The van der Waals surface area contributed by atoms with Gasteiger partial charge in [-0.25, -0.2) is 0 Å². The zero-order valence-electron chi connectivity index (χ0n) is 11.4. The number of rotatable bonds is 5. The molecule has 0 atom stereocenters. The lowest BCUT2D eigenvalue weighted by molar-refractivity contribution is 0.0872. The molecule has 2 nitrogen and oxygen atoms in total. The summed E-state index contributed by atoms with van der Waals surface area (Å²) in [5.74, 6) is 0.292. The number of hydrogen-bond donors (Lipinski definition) is 0. The van der Waals surface area contributed by atoms with Crippen LogP contribution in [0.4, 0.5) is 0 Å². The third kappa shape index (κ3) is 3.42. The highest BCUT2D eigenvalue weighted by Gasteiger charge is 2.22. The summed E-state index contributed by atoms with van der Waals surface area (Å²) in [6, 6.07) is 4.64. The normalized spacial score (nSPS) is 17.3. The minimum absolute atomic E-state index is 0.292. The Balaban J connectivity index is 1.95. The van der Waals surface area contributed by atoms with E-state index in [1.807, 2.05) is 12.1 Å². The van der Waals surface area contributed by atoms with Gasteiger partial charge in [0.05, 0.1) is 11.4 Å². The van der Waals surface area contributed by atoms with E-state index >= 15 is 0 Å². The number of ketones is 1. The molecule has 1 aromatic rings. The highest BCUT2D eigenvalue weighted by Crippen LogP contribution is 2.23. The van der Waals surface area contributed by atoms with Crippen LogP contribution in [0, 0.1) is 6.92 Å². The third-order valence-electron chi connectivity index (χ3n) is 3.86. The molecule has 1 aromatic heterocycles. The van der Waals surface area contributed by atoms with Crippen LogP contribution in [-0.2, 0) is 0 Å². The van der Waals surface area contributed by atoms with Crippen LogP contribution in [0.1, 0.15) is 53.6 Å². The molecule has 0 aliphatic heterocycles. The molecule has 0 unspecified atom stereocenters. The second-order valence-corrected chi connectivity index (χ2v) is 6.48. The summed E-state index contributed by atoms with van der Waals surface area (Å²) in [5.41, 5.74) is 0. The maximum absolute atomic E-state index is 12.2. The van der Waals surface area contributed by atoms with Crippen LogP contribution in [-0.4, -0.2) is 29.8 Å². The molecule has 3 heteroatoms. The number of carbonyl (C=O) groups excluding carboxylic acids is 1. The van der Waals surface area contributed by atoms with Crippen molar-refractivity contribution in [3.05, 3.63) is 21.9 Å². The summed E-state index contributed by atoms with van der Waals surface area (Å²) >= 11 is 1.62. The summed E-state index contributed by atoms with van der Waals surface area (Å²) in [7, 11) is 0. The van der Waals surface area contributed by atoms with E-state index in [0.29, 0.717) is 18.4 Å². The minimum Gasteiger partial charge on any atom is -0.293 e. The summed E-state index contributed by atoms with van der Waals surface area (Å²) in [4.78, 5) is 16.7. The van der Waals surface area contributed by atoms with Gasteiger partial charge in [-0.3, -0.25) is 9.69 Å². The highest BCUT2D eigenvalue weighted by molar-refractivity contribution is 7.14. The number of hydrogen-bond acceptors (Lipinski definition) is 3. The van der Waals surface area contributed by atoms with E-state index in [2.05, 4.69) is 18.7 Å². The predicted molar refractivity (Wildman–Crippen MR) is 77.5 cm³/mol. The Hall–Kier alpha value is -0.670. The zero-order chi connectivity index (χ0) is 13.0. The SMILES string of the molecule is CCN(CC(=O)c1ccc(C)s1)C1CCCCC1. The van der Waals surface area contributed by atoms with Crippen molar-refractivity contribution in [2.45, 2.75) is 52.0 Å². The number of aryl methyl sites for hydroxylation is 1. The fourth-order valence-electron chi connectivity index (χ4n) is 2.79. The fourth-order valence-corrected chi connectivity index (χ4v) is 3.59. The first-order valence-corrected chi connectivity index (χ1v) is 7.86. The van der Waals surface area contributed by atoms with Crippen molar-refractivity contribution in [3.8, 4) is 0 Å². The van der Waals surface area contributed by atoms with Crippen molar-refractivity contribution >= 4 is 17.1 Å². The number of Topliss-reactive ketones (excluding diaryl/α,β-unsaturated/α-hetero) is 1. The van der Waals surface area contributed by atoms with Crippen molar-refractivity contribution in [2.75, 3.05) is 13.1 Å². The van der Waals surface area contributed by atoms with Crippen LogP contribution in [0.15, 0.2) is 12.1 Å². The molecule has 0 amide bonds. The van der Waals surface area contributed by atoms with E-state index in [-0.39, 0.29) is 0 Å². The molecule has 1 fully saturated rings. The number of carbonyl (C=O) groups is 1. The molecule has 2 rings (SSSR count). The van der Waals surface area contributed by atoms with Gasteiger partial charge in [-0.1, -0.05) is 26.2 Å². The first-order valence-electron chi connectivity index (χ1n) is 7.04. The Kier molecular flexibility index (Phi) is 4.95. The molecule has 0 spiro atoms. The summed E-state index contributed by atoms with van der Waals surface area (Å²) < 4.78 is 0. The molecule has 0 bridgehead atoms. The van der Waals surface area contributed by atoms with Crippen molar-refractivity contribution < 1.29 is 4.79 Å². The zero-order valence-corrected chi connectivity index (χ0v) is 12.3. The molecule has 0 saturated heterocycles. The smallest absolute Gasteiger partial charge is 0.186 e. The summed E-state index contributed by atoms with van der Waals surface area (Å²) in [6.45, 7) is 5.81. The van der Waals surface area contributed by atoms with Crippen LogP contribution in [0.25, 0.3) is 0 Å². The van der Waals surface area contributed by atoms with Gasteiger partial charge in [0.1, 0.15) is 0 Å². The first-order chi connectivity index (χ1) is 8.70. The molecule has 0 aromatic carbocycles. The van der Waals surface area contributed by atoms with E-state index in [1.54, 1.807) is 11.3 Å². The Bertz CT molecular complexity index is 393. The van der Waals surface area contributed by atoms with Crippen LogP contribution < -0.4 is 0 Å².